The molecule has 3 heterocycles. The number of nitrogens with one attached hydrogen (secondary N) is 3. The average molecular weight is 1070 g/mol. The number of carbonyl (C=O) groups excluding carboxylic acids is 1. The third-order valence-electron chi connectivity index (χ3n) is 14.2. The Kier molecular flexibility index (Phi) is 17.7. The van der Waals surface area contributed by atoms with E-state index < -0.39 is 52.8 Å². The van der Waals surface area contributed by atoms with Crippen molar-refractivity contribution >= 4 is 66.1 Å². The van der Waals surface area contributed by atoms with Crippen LogP contribution in [0, 0.1) is 5.41 Å². The Morgan fingerprint density at radius 1 is 0.903 bits per heavy atom. The molecule has 390 valence electrons. The highest BCUT2D eigenvalue weighted by molar-refractivity contribution is 7.99. The summed E-state index contributed by atoms with van der Waals surface area (Å²) in [5, 5.41) is 7.20. The van der Waals surface area contributed by atoms with Crippen LogP contribution in [0.3, 0.4) is 0 Å². The number of hydrogen-bond donors (Lipinski definition) is 3. The molecule has 20 heteroatoms. The molecule has 72 heavy (non-hydrogen) atoms. The molecule has 3 saturated heterocycles. The number of sulfone groups is 1. The highest BCUT2D eigenvalue weighted by Crippen LogP contribution is 2.44. The van der Waals surface area contributed by atoms with Crippen molar-refractivity contribution in [1.82, 2.24) is 24.7 Å². The summed E-state index contributed by atoms with van der Waals surface area (Å²) in [5.41, 5.74) is -1.03. The van der Waals surface area contributed by atoms with E-state index in [1.54, 1.807) is 12.1 Å². The first-order valence-electron chi connectivity index (χ1n) is 24.6. The lowest BCUT2D eigenvalue weighted by atomic mass is 9.71. The number of hydrogen-bond acceptors (Lipinski definition) is 13. The summed E-state index contributed by atoms with van der Waals surface area (Å²) in [4.78, 5) is 21.8. The van der Waals surface area contributed by atoms with Gasteiger partial charge >= 0.3 is 5.51 Å². The van der Waals surface area contributed by atoms with Crippen molar-refractivity contribution in [1.29, 1.82) is 0 Å². The molecular weight excluding hydrogens is 1010 g/mol. The second-order valence-electron chi connectivity index (χ2n) is 19.7. The number of alkyl halides is 3. The lowest BCUT2D eigenvalue weighted by molar-refractivity contribution is -0.0435. The highest BCUT2D eigenvalue weighted by atomic mass is 35.5. The Labute approximate surface area is 431 Å². The lowest BCUT2D eigenvalue weighted by Crippen LogP contribution is -2.49. The summed E-state index contributed by atoms with van der Waals surface area (Å²) >= 11 is 7.74. The number of ether oxygens (including phenoxy) is 1. The Morgan fingerprint density at radius 3 is 2.29 bits per heavy atom. The number of benzene rings is 4. The molecule has 0 spiro atoms. The molecule has 8 rings (SSSR count). The zero-order chi connectivity index (χ0) is 51.1. The molecule has 3 atom stereocenters. The van der Waals surface area contributed by atoms with Gasteiger partial charge in [0.2, 0.25) is 0 Å². The second kappa shape index (κ2) is 23.6. The maximum atomic E-state index is 14.3. The number of carbonyl (C=O) groups is 1. The molecule has 0 saturated carbocycles. The molecule has 3 aliphatic heterocycles. The van der Waals surface area contributed by atoms with Gasteiger partial charge in [-0.15, -0.1) is 11.8 Å². The van der Waals surface area contributed by atoms with E-state index >= 15 is 0 Å². The number of rotatable bonds is 18. The highest BCUT2D eigenvalue weighted by Gasteiger charge is 2.48. The number of nitrogens with zero attached hydrogens (tertiary/aromatic N) is 4. The van der Waals surface area contributed by atoms with Gasteiger partial charge in [0.15, 0.2) is 0 Å². The first-order valence-corrected chi connectivity index (χ1v) is 28.9. The Hall–Kier alpha value is -4.18. The average Bonchev–Trinajstić information content (AvgIpc) is 3.36. The van der Waals surface area contributed by atoms with Gasteiger partial charge in [-0.3, -0.25) is 14.6 Å². The number of halogens is 4. The van der Waals surface area contributed by atoms with Crippen LogP contribution in [0.4, 0.5) is 24.5 Å². The predicted molar refractivity (Wildman–Crippen MR) is 280 cm³/mol. The molecule has 0 aromatic heterocycles. The Balaban J connectivity index is 0.924. The van der Waals surface area contributed by atoms with E-state index in [2.05, 4.69) is 49.3 Å². The summed E-state index contributed by atoms with van der Waals surface area (Å²) in [7, 11) is -10.9. The first kappa shape index (κ1) is 54.1. The fraction of sp³-hybridized carbons (Fsp3) is 0.481. The number of piperazine rings is 2. The van der Waals surface area contributed by atoms with Gasteiger partial charge in [0.1, 0.15) is 4.90 Å². The summed E-state index contributed by atoms with van der Waals surface area (Å²) < 4.78 is 104. The van der Waals surface area contributed by atoms with Gasteiger partial charge in [0.25, 0.3) is 25.8 Å². The monoisotopic (exact) mass is 1070 g/mol. The Morgan fingerprint density at radius 2 is 1.61 bits per heavy atom. The van der Waals surface area contributed by atoms with Crippen molar-refractivity contribution in [3.63, 3.8) is 0 Å². The van der Waals surface area contributed by atoms with E-state index in [9.17, 15) is 34.8 Å². The van der Waals surface area contributed by atoms with E-state index in [0.717, 1.165) is 107 Å². The van der Waals surface area contributed by atoms with Crippen LogP contribution in [-0.2, 0) is 24.6 Å². The molecule has 1 aliphatic carbocycles. The number of allylic oxidation sites excluding steroid dienone is 1. The molecule has 1 amide bonds. The van der Waals surface area contributed by atoms with E-state index in [1.807, 2.05) is 54.1 Å². The number of morpholine rings is 1. The molecular formula is C52H65ClF3N7O6S3. The molecule has 4 aromatic carbocycles. The molecule has 0 bridgehead atoms. The minimum absolute atomic E-state index is 0.00133. The fourth-order valence-corrected chi connectivity index (χ4v) is 13.3. The molecule has 4 aromatic rings. The first-order chi connectivity index (χ1) is 34.4. The van der Waals surface area contributed by atoms with Crippen LogP contribution in [0.25, 0.3) is 5.57 Å². The van der Waals surface area contributed by atoms with Crippen molar-refractivity contribution < 1.29 is 39.5 Å². The molecule has 3 fully saturated rings. The van der Waals surface area contributed by atoms with E-state index in [1.165, 1.54) is 40.6 Å². The number of anilines is 2. The van der Waals surface area contributed by atoms with Crippen LogP contribution >= 0.6 is 23.4 Å². The van der Waals surface area contributed by atoms with Crippen LogP contribution in [0.1, 0.15) is 55.5 Å². The third kappa shape index (κ3) is 13.7. The van der Waals surface area contributed by atoms with Gasteiger partial charge in [-0.25, -0.2) is 21.6 Å². The normalized spacial score (nSPS) is 21.6. The SMILES string of the molecule is C[C@@H]1COCCN1CC[C@H](CSc1ccccc1)Nc1ccc(S(=O)(=O)NC(=O)c2ccc(N3CCN(CC4=C(c5ccc(Cl)cc5)CC[C@@](C)(CN5CCNCC5)C4)CC3)cc2)cc1S(=O)(=O)C(F)(F)F. The molecule has 4 aliphatic rings. The lowest BCUT2D eigenvalue weighted by Gasteiger charge is -2.43. The van der Waals surface area contributed by atoms with Crippen molar-refractivity contribution in [2.45, 2.75) is 71.8 Å². The van der Waals surface area contributed by atoms with Crippen molar-refractivity contribution in [2.75, 3.05) is 108 Å². The molecule has 0 unspecified atom stereocenters. The van der Waals surface area contributed by atoms with Crippen LogP contribution in [0.2, 0.25) is 5.02 Å². The van der Waals surface area contributed by atoms with Gasteiger partial charge in [-0.05, 0) is 116 Å². The molecule has 3 N–H and O–H groups in total. The van der Waals surface area contributed by atoms with Crippen LogP contribution in [-0.4, -0.2) is 153 Å². The number of sulfonamides is 1. The standard InChI is InChI=1S/C52H65ClF3N7O6S3/c1-38-35-69-31-30-62(38)23-19-43(36-70-45-6-4-3-5-7-45)58-48-17-16-46(32-49(48)71(65,66)52(54,55)56)72(67,68)59-50(64)40-10-14-44(15-11-40)63-28-26-60(27-29-63)34-41-33-51(2,37-61-24-21-57-22-25-61)20-18-47(41)39-8-12-42(53)13-9-39/h3-17,32,38,43,57-58H,18-31,33-37H2,1-2H3,(H,59,64)/t38-,43-,51-/m1/s1. The minimum atomic E-state index is -6.07. The summed E-state index contributed by atoms with van der Waals surface area (Å²) in [6, 6.07) is 26.1. The molecule has 0 radical (unpaired) electrons. The van der Waals surface area contributed by atoms with Gasteiger partial charge in [-0.1, -0.05) is 54.4 Å². The maximum Gasteiger partial charge on any atom is 0.501 e. The van der Waals surface area contributed by atoms with Crippen LogP contribution in [0.5, 0.6) is 0 Å². The maximum absolute atomic E-state index is 14.3. The second-order valence-corrected chi connectivity index (χ2v) is 24.8. The fourth-order valence-electron chi connectivity index (χ4n) is 10.2. The minimum Gasteiger partial charge on any atom is -0.380 e. The topological polar surface area (TPSA) is 144 Å². The van der Waals surface area contributed by atoms with E-state index in [4.69, 9.17) is 16.3 Å². The van der Waals surface area contributed by atoms with Gasteiger partial charge in [-0.2, -0.15) is 13.2 Å². The largest absolute Gasteiger partial charge is 0.501 e. The van der Waals surface area contributed by atoms with E-state index in [0.29, 0.717) is 49.6 Å². The van der Waals surface area contributed by atoms with Gasteiger partial charge < -0.3 is 25.2 Å². The summed E-state index contributed by atoms with van der Waals surface area (Å²) in [6.45, 7) is 15.9. The van der Waals surface area contributed by atoms with Gasteiger partial charge in [0.05, 0.1) is 23.8 Å². The van der Waals surface area contributed by atoms with Gasteiger partial charge in [0, 0.05) is 118 Å². The van der Waals surface area contributed by atoms with Crippen molar-refractivity contribution in [2.24, 2.45) is 5.41 Å². The smallest absolute Gasteiger partial charge is 0.380 e. The number of amides is 1. The molecule has 13 nitrogen and oxygen atoms in total. The van der Waals surface area contributed by atoms with Crippen LogP contribution in [0.15, 0.2) is 117 Å². The zero-order valence-electron chi connectivity index (χ0n) is 40.8. The van der Waals surface area contributed by atoms with Crippen LogP contribution < -0.4 is 20.3 Å². The Bertz CT molecular complexity index is 2740. The summed E-state index contributed by atoms with van der Waals surface area (Å²) in [6.07, 6.45) is 3.59. The quantitative estimate of drug-likeness (QED) is 0.0827. The number of thioether (sulfide) groups is 1. The zero-order valence-corrected chi connectivity index (χ0v) is 44.0. The van der Waals surface area contributed by atoms with Crippen molar-refractivity contribution in [3.05, 3.63) is 119 Å². The van der Waals surface area contributed by atoms with Crippen molar-refractivity contribution in [3.8, 4) is 0 Å². The third-order valence-corrected chi connectivity index (χ3v) is 18.5. The van der Waals surface area contributed by atoms with E-state index in [-0.39, 0.29) is 17.0 Å². The summed E-state index contributed by atoms with van der Waals surface area (Å²) in [5.74, 6) is -0.660. The predicted octanol–water partition coefficient (Wildman–Crippen LogP) is 8.11.